The highest BCUT2D eigenvalue weighted by Crippen LogP contribution is 2.34. The van der Waals surface area contributed by atoms with E-state index in [2.05, 4.69) is 0 Å². The van der Waals surface area contributed by atoms with Crippen molar-refractivity contribution in [3.63, 3.8) is 0 Å². The van der Waals surface area contributed by atoms with E-state index in [1.807, 2.05) is 0 Å². The van der Waals surface area contributed by atoms with Crippen molar-refractivity contribution in [1.82, 2.24) is 9.36 Å². The molecule has 0 radical (unpaired) electrons. The van der Waals surface area contributed by atoms with Crippen LogP contribution in [0.3, 0.4) is 0 Å². The molecule has 1 N–H and O–H groups in total. The van der Waals surface area contributed by atoms with E-state index < -0.39 is 22.8 Å². The minimum atomic E-state index is -2.40. The molecule has 0 unspecified atom stereocenters. The fourth-order valence-corrected chi connectivity index (χ4v) is 3.27. The molecule has 3 aromatic rings. The van der Waals surface area contributed by atoms with Gasteiger partial charge in [0, 0.05) is 5.56 Å². The fraction of sp³-hybridized carbons (Fsp3) is 0.167. The number of hydrogen-bond donors (Lipinski definition) is 1. The number of aromatic nitrogens is 2. The van der Waals surface area contributed by atoms with Crippen molar-refractivity contribution < 1.29 is 14.6 Å². The van der Waals surface area contributed by atoms with Gasteiger partial charge in [-0.15, -0.1) is 0 Å². The van der Waals surface area contributed by atoms with Gasteiger partial charge in [-0.3, -0.25) is 9.59 Å². The molecule has 7 heteroatoms. The van der Waals surface area contributed by atoms with Crippen LogP contribution in [0.25, 0.3) is 16.5 Å². The third kappa shape index (κ3) is 1.81. The Morgan fingerprint density at radius 2 is 1.64 bits per heavy atom. The minimum absolute atomic E-state index is 0.0237. The van der Waals surface area contributed by atoms with Gasteiger partial charge in [0.05, 0.1) is 23.1 Å². The van der Waals surface area contributed by atoms with Crippen LogP contribution in [0.1, 0.15) is 12.5 Å². The average Bonchev–Trinajstić information content (AvgIpc) is 2.91. The maximum absolute atomic E-state index is 13.0. The minimum Gasteiger partial charge on any atom is -0.462 e. The summed E-state index contributed by atoms with van der Waals surface area (Å²) in [5, 5.41) is 11.5. The third-order valence-electron chi connectivity index (χ3n) is 4.35. The number of esters is 1. The van der Waals surface area contributed by atoms with Crippen LogP contribution in [0.2, 0.25) is 0 Å². The zero-order chi connectivity index (χ0) is 17.8. The molecule has 126 valence electrons. The van der Waals surface area contributed by atoms with E-state index in [0.717, 1.165) is 9.36 Å². The monoisotopic (exact) mass is 338 g/mol. The Labute approximate surface area is 141 Å². The van der Waals surface area contributed by atoms with E-state index in [1.54, 1.807) is 37.3 Å². The van der Waals surface area contributed by atoms with Crippen molar-refractivity contribution in [2.45, 2.75) is 12.6 Å². The van der Waals surface area contributed by atoms with E-state index in [1.165, 1.54) is 18.2 Å². The smallest absolute Gasteiger partial charge is 0.366 e. The maximum atomic E-state index is 13.0. The first-order valence-electron chi connectivity index (χ1n) is 7.79. The molecule has 2 aromatic carbocycles. The molecule has 1 aromatic heterocycles. The quantitative estimate of drug-likeness (QED) is 0.696. The molecule has 2 heterocycles. The number of benzene rings is 2. The number of aliphatic hydroxyl groups is 1. The molecular formula is C18H14N2O5. The van der Waals surface area contributed by atoms with Crippen LogP contribution in [-0.2, 0) is 15.3 Å². The highest BCUT2D eigenvalue weighted by Gasteiger charge is 2.51. The molecule has 0 amide bonds. The van der Waals surface area contributed by atoms with Crippen LogP contribution in [0.5, 0.6) is 0 Å². The van der Waals surface area contributed by atoms with Crippen LogP contribution < -0.4 is 11.1 Å². The van der Waals surface area contributed by atoms with Gasteiger partial charge >= 0.3 is 5.97 Å². The summed E-state index contributed by atoms with van der Waals surface area (Å²) in [5.74, 6) is -1.01. The van der Waals surface area contributed by atoms with Crippen molar-refractivity contribution in [2.24, 2.45) is 0 Å². The lowest BCUT2D eigenvalue weighted by Gasteiger charge is -2.23. The molecule has 7 nitrogen and oxygen atoms in total. The number of rotatable bonds is 2. The summed E-state index contributed by atoms with van der Waals surface area (Å²) >= 11 is 0. The molecule has 25 heavy (non-hydrogen) atoms. The first kappa shape index (κ1) is 15.3. The Bertz CT molecular complexity index is 1140. The van der Waals surface area contributed by atoms with Crippen molar-refractivity contribution in [3.05, 3.63) is 74.8 Å². The van der Waals surface area contributed by atoms with Crippen LogP contribution >= 0.6 is 0 Å². The first-order chi connectivity index (χ1) is 12.0. The van der Waals surface area contributed by atoms with Crippen LogP contribution in [0.15, 0.2) is 58.1 Å². The standard InChI is InChI=1S/C18H14N2O5/c1-2-25-17(23)18(24)13-9-5-6-10-14(13)19-15(21)11-7-3-4-8-12(11)16(22)20(18)19/h3-10,24H,2H2,1H3/t18-/m0/s1. The predicted molar refractivity (Wildman–Crippen MR) is 89.7 cm³/mol. The van der Waals surface area contributed by atoms with Gasteiger partial charge < -0.3 is 9.84 Å². The molecule has 0 aliphatic carbocycles. The van der Waals surface area contributed by atoms with Gasteiger partial charge in [-0.2, -0.15) is 4.68 Å². The number of carbonyl (C=O) groups is 1. The van der Waals surface area contributed by atoms with Gasteiger partial charge in [0.25, 0.3) is 16.8 Å². The summed E-state index contributed by atoms with van der Waals surface area (Å²) in [6.07, 6.45) is 0. The molecule has 0 bridgehead atoms. The Morgan fingerprint density at radius 3 is 2.32 bits per heavy atom. The molecule has 1 aliphatic rings. The van der Waals surface area contributed by atoms with Gasteiger partial charge in [0.15, 0.2) is 0 Å². The van der Waals surface area contributed by atoms with Crippen LogP contribution in [0, 0.1) is 0 Å². The number of fused-ring (bicyclic) bond motifs is 4. The van der Waals surface area contributed by atoms with Crippen molar-refractivity contribution in [2.75, 3.05) is 6.61 Å². The normalized spacial score (nSPS) is 18.0. The van der Waals surface area contributed by atoms with E-state index in [0.29, 0.717) is 0 Å². The predicted octanol–water partition coefficient (Wildman–Crippen LogP) is 0.722. The van der Waals surface area contributed by atoms with Gasteiger partial charge in [0.2, 0.25) is 0 Å². The highest BCUT2D eigenvalue weighted by atomic mass is 16.6. The summed E-state index contributed by atoms with van der Waals surface area (Å²) < 4.78 is 6.80. The van der Waals surface area contributed by atoms with Crippen LogP contribution in [-0.4, -0.2) is 27.0 Å². The summed E-state index contributed by atoms with van der Waals surface area (Å²) in [7, 11) is 0. The Morgan fingerprint density at radius 1 is 1.04 bits per heavy atom. The summed E-state index contributed by atoms with van der Waals surface area (Å²) in [5.41, 5.74) is -3.15. The largest absolute Gasteiger partial charge is 0.462 e. The lowest BCUT2D eigenvalue weighted by Crippen LogP contribution is -2.50. The van der Waals surface area contributed by atoms with Crippen LogP contribution in [0.4, 0.5) is 0 Å². The fourth-order valence-electron chi connectivity index (χ4n) is 3.27. The zero-order valence-corrected chi connectivity index (χ0v) is 13.3. The molecular weight excluding hydrogens is 324 g/mol. The summed E-state index contributed by atoms with van der Waals surface area (Å²) in [6.45, 7) is 1.62. The maximum Gasteiger partial charge on any atom is 0.366 e. The number of hydrogen-bond acceptors (Lipinski definition) is 5. The lowest BCUT2D eigenvalue weighted by molar-refractivity contribution is -0.171. The molecule has 0 spiro atoms. The Balaban J connectivity index is 2.23. The molecule has 1 aliphatic heterocycles. The van der Waals surface area contributed by atoms with Crippen molar-refractivity contribution in [3.8, 4) is 5.69 Å². The SMILES string of the molecule is CCOC(=O)[C@@]1(O)c2ccccc2-n2c(=O)c3ccccc3c(=O)n21. The van der Waals surface area contributed by atoms with Crippen molar-refractivity contribution in [1.29, 1.82) is 0 Å². The molecule has 1 atom stereocenters. The second kappa shape index (κ2) is 5.15. The lowest BCUT2D eigenvalue weighted by atomic mass is 10.0. The number of para-hydroxylation sites is 1. The Kier molecular flexibility index (Phi) is 3.16. The molecule has 4 rings (SSSR count). The van der Waals surface area contributed by atoms with E-state index in [9.17, 15) is 19.5 Å². The third-order valence-corrected chi connectivity index (χ3v) is 4.35. The first-order valence-corrected chi connectivity index (χ1v) is 7.79. The van der Waals surface area contributed by atoms with Gasteiger partial charge in [-0.25, -0.2) is 9.48 Å². The van der Waals surface area contributed by atoms with Crippen molar-refractivity contribution >= 4 is 16.7 Å². The van der Waals surface area contributed by atoms with Gasteiger partial charge in [-0.05, 0) is 25.1 Å². The highest BCUT2D eigenvalue weighted by molar-refractivity contribution is 5.86. The van der Waals surface area contributed by atoms with E-state index >= 15 is 0 Å². The number of nitrogens with zero attached hydrogens (tertiary/aromatic N) is 2. The topological polar surface area (TPSA) is 90.5 Å². The zero-order valence-electron chi connectivity index (χ0n) is 13.3. The summed E-state index contributed by atoms with van der Waals surface area (Å²) in [6, 6.07) is 12.6. The molecule has 0 saturated carbocycles. The van der Waals surface area contributed by atoms with E-state index in [4.69, 9.17) is 4.74 Å². The second-order valence-electron chi connectivity index (χ2n) is 5.69. The number of carbonyl (C=O) groups excluding carboxylic acids is 1. The Hall–Kier alpha value is -3.19. The van der Waals surface area contributed by atoms with E-state index in [-0.39, 0.29) is 28.6 Å². The second-order valence-corrected chi connectivity index (χ2v) is 5.69. The molecule has 0 saturated heterocycles. The number of ether oxygens (including phenoxy) is 1. The summed E-state index contributed by atoms with van der Waals surface area (Å²) in [4.78, 5) is 38.5. The molecule has 0 fully saturated rings. The van der Waals surface area contributed by atoms with Gasteiger partial charge in [0.1, 0.15) is 0 Å². The van der Waals surface area contributed by atoms with Gasteiger partial charge in [-0.1, -0.05) is 30.3 Å². The average molecular weight is 338 g/mol.